The third-order valence-corrected chi connectivity index (χ3v) is 2.56. The highest BCUT2D eigenvalue weighted by Gasteiger charge is 2.01. The van der Waals surface area contributed by atoms with E-state index in [1.807, 2.05) is 30.3 Å². The van der Waals surface area contributed by atoms with Crippen LogP contribution in [0.2, 0.25) is 0 Å². The van der Waals surface area contributed by atoms with E-state index < -0.39 is 0 Å². The van der Waals surface area contributed by atoms with Crippen LogP contribution in [0.15, 0.2) is 42.5 Å². The smallest absolute Gasteiger partial charge is 0.142 e. The van der Waals surface area contributed by atoms with Crippen LogP contribution in [0.3, 0.4) is 0 Å². The fourth-order valence-corrected chi connectivity index (χ4v) is 1.59. The number of allylic oxidation sites excluding steroid dienone is 1. The Hall–Kier alpha value is -1.45. The van der Waals surface area contributed by atoms with E-state index in [0.29, 0.717) is 26.1 Å². The van der Waals surface area contributed by atoms with Crippen LogP contribution in [-0.2, 0) is 16.1 Å². The zero-order chi connectivity index (χ0) is 13.1. The summed E-state index contributed by atoms with van der Waals surface area (Å²) in [4.78, 5) is 10.0. The first-order valence-corrected chi connectivity index (χ1v) is 6.23. The molecule has 3 nitrogen and oxygen atoms in total. The Morgan fingerprint density at radius 2 is 2.06 bits per heavy atom. The Labute approximate surface area is 108 Å². The van der Waals surface area contributed by atoms with Gasteiger partial charge in [-0.25, -0.2) is 0 Å². The Morgan fingerprint density at radius 1 is 1.28 bits per heavy atom. The van der Waals surface area contributed by atoms with Crippen molar-refractivity contribution in [3.63, 3.8) is 0 Å². The summed E-state index contributed by atoms with van der Waals surface area (Å²) in [6, 6.07) is 10.0. The number of aldehydes is 1. The molecule has 3 heteroatoms. The second-order valence-corrected chi connectivity index (χ2v) is 4.13. The Kier molecular flexibility index (Phi) is 7.77. The SMILES string of the molecule is O=C/C=C/C[C@H](O)CCCOCc1ccccc1. The quantitative estimate of drug-likeness (QED) is 0.415. The second kappa shape index (κ2) is 9.57. The minimum atomic E-state index is -0.387. The number of carbonyl (C=O) groups excluding carboxylic acids is 1. The van der Waals surface area contributed by atoms with Crippen LogP contribution in [0, 0.1) is 0 Å². The predicted molar refractivity (Wildman–Crippen MR) is 71.2 cm³/mol. The van der Waals surface area contributed by atoms with Crippen molar-refractivity contribution in [2.24, 2.45) is 0 Å². The number of carbonyl (C=O) groups is 1. The molecule has 1 atom stereocenters. The molecule has 0 unspecified atom stereocenters. The average molecular weight is 248 g/mol. The molecule has 1 rings (SSSR count). The Morgan fingerprint density at radius 3 is 2.78 bits per heavy atom. The molecule has 98 valence electrons. The van der Waals surface area contributed by atoms with Gasteiger partial charge < -0.3 is 9.84 Å². The number of hydrogen-bond donors (Lipinski definition) is 1. The molecular formula is C15H20O3. The highest BCUT2D eigenvalue weighted by molar-refractivity contribution is 5.64. The van der Waals surface area contributed by atoms with E-state index in [1.54, 1.807) is 6.08 Å². The van der Waals surface area contributed by atoms with Crippen molar-refractivity contribution in [1.29, 1.82) is 0 Å². The molecule has 0 saturated carbocycles. The van der Waals surface area contributed by atoms with Crippen molar-refractivity contribution in [3.05, 3.63) is 48.0 Å². The number of rotatable bonds is 9. The van der Waals surface area contributed by atoms with Crippen molar-refractivity contribution < 1.29 is 14.6 Å². The molecule has 0 aromatic heterocycles. The topological polar surface area (TPSA) is 46.5 Å². The van der Waals surface area contributed by atoms with Crippen LogP contribution in [0.5, 0.6) is 0 Å². The molecule has 0 saturated heterocycles. The van der Waals surface area contributed by atoms with E-state index >= 15 is 0 Å². The zero-order valence-electron chi connectivity index (χ0n) is 10.5. The van der Waals surface area contributed by atoms with Gasteiger partial charge in [0.15, 0.2) is 0 Å². The first kappa shape index (κ1) is 14.6. The van der Waals surface area contributed by atoms with E-state index in [1.165, 1.54) is 6.08 Å². The molecule has 0 bridgehead atoms. The van der Waals surface area contributed by atoms with Gasteiger partial charge in [-0.1, -0.05) is 36.4 Å². The van der Waals surface area contributed by atoms with Gasteiger partial charge >= 0.3 is 0 Å². The summed E-state index contributed by atoms with van der Waals surface area (Å²) < 4.78 is 5.51. The van der Waals surface area contributed by atoms with Gasteiger partial charge in [-0.2, -0.15) is 0 Å². The fourth-order valence-electron chi connectivity index (χ4n) is 1.59. The lowest BCUT2D eigenvalue weighted by Crippen LogP contribution is -2.06. The number of ether oxygens (including phenoxy) is 1. The molecule has 1 N–H and O–H groups in total. The largest absolute Gasteiger partial charge is 0.393 e. The van der Waals surface area contributed by atoms with Gasteiger partial charge in [-0.15, -0.1) is 0 Å². The summed E-state index contributed by atoms with van der Waals surface area (Å²) in [5, 5.41) is 9.57. The van der Waals surface area contributed by atoms with Gasteiger partial charge in [0.05, 0.1) is 12.7 Å². The maximum atomic E-state index is 10.0. The summed E-state index contributed by atoms with van der Waals surface area (Å²) in [5.41, 5.74) is 1.16. The molecule has 0 heterocycles. The summed E-state index contributed by atoms with van der Waals surface area (Å²) in [6.45, 7) is 1.26. The van der Waals surface area contributed by atoms with Crippen LogP contribution in [0.1, 0.15) is 24.8 Å². The minimum Gasteiger partial charge on any atom is -0.393 e. The van der Waals surface area contributed by atoms with Gasteiger partial charge in [-0.3, -0.25) is 4.79 Å². The van der Waals surface area contributed by atoms with Crippen molar-refractivity contribution >= 4 is 6.29 Å². The van der Waals surface area contributed by atoms with E-state index in [9.17, 15) is 9.90 Å². The number of aliphatic hydroxyl groups is 1. The van der Waals surface area contributed by atoms with Crippen LogP contribution < -0.4 is 0 Å². The molecule has 0 spiro atoms. The zero-order valence-corrected chi connectivity index (χ0v) is 10.5. The Bertz CT molecular complexity index is 346. The Balaban J connectivity index is 2.01. The first-order valence-electron chi connectivity index (χ1n) is 6.23. The second-order valence-electron chi connectivity index (χ2n) is 4.13. The standard InChI is InChI=1S/C15H20O3/c16-11-5-4-9-15(17)10-6-12-18-13-14-7-2-1-3-8-14/h1-5,7-8,11,15,17H,6,9-10,12-13H2/b5-4+/t15-/m0/s1. The molecule has 1 aromatic rings. The maximum absolute atomic E-state index is 10.0. The molecule has 0 aliphatic carbocycles. The molecule has 18 heavy (non-hydrogen) atoms. The van der Waals surface area contributed by atoms with Crippen molar-refractivity contribution in [1.82, 2.24) is 0 Å². The first-order chi connectivity index (χ1) is 8.83. The summed E-state index contributed by atoms with van der Waals surface area (Å²) >= 11 is 0. The maximum Gasteiger partial charge on any atom is 0.142 e. The van der Waals surface area contributed by atoms with Crippen molar-refractivity contribution in [2.45, 2.75) is 32.0 Å². The summed E-state index contributed by atoms with van der Waals surface area (Å²) in [6.07, 6.45) is 5.47. The molecular weight excluding hydrogens is 228 g/mol. The lowest BCUT2D eigenvalue weighted by Gasteiger charge is -2.08. The van der Waals surface area contributed by atoms with Gasteiger partial charge in [0, 0.05) is 6.61 Å². The third kappa shape index (κ3) is 6.99. The molecule has 0 radical (unpaired) electrons. The van der Waals surface area contributed by atoms with Crippen LogP contribution in [-0.4, -0.2) is 24.1 Å². The fraction of sp³-hybridized carbons (Fsp3) is 0.400. The molecule has 0 aliphatic rings. The van der Waals surface area contributed by atoms with E-state index in [-0.39, 0.29) is 6.10 Å². The predicted octanol–water partition coefficient (Wildman–Crippen LogP) is 2.49. The molecule has 1 aromatic carbocycles. The number of benzene rings is 1. The van der Waals surface area contributed by atoms with Gasteiger partial charge in [0.1, 0.15) is 6.29 Å². The molecule has 0 amide bonds. The van der Waals surface area contributed by atoms with Crippen molar-refractivity contribution in [2.75, 3.05) is 6.61 Å². The number of aliphatic hydroxyl groups excluding tert-OH is 1. The lowest BCUT2D eigenvalue weighted by molar-refractivity contribution is -0.104. The third-order valence-electron chi connectivity index (χ3n) is 2.56. The minimum absolute atomic E-state index is 0.387. The average Bonchev–Trinajstić information content (AvgIpc) is 2.40. The normalized spacial score (nSPS) is 12.7. The van der Waals surface area contributed by atoms with E-state index in [4.69, 9.17) is 4.74 Å². The van der Waals surface area contributed by atoms with Gasteiger partial charge in [-0.05, 0) is 30.9 Å². The van der Waals surface area contributed by atoms with Crippen LogP contribution in [0.4, 0.5) is 0 Å². The van der Waals surface area contributed by atoms with Crippen molar-refractivity contribution in [3.8, 4) is 0 Å². The van der Waals surface area contributed by atoms with Crippen LogP contribution in [0.25, 0.3) is 0 Å². The number of hydrogen-bond acceptors (Lipinski definition) is 3. The summed E-state index contributed by atoms with van der Waals surface area (Å²) in [5.74, 6) is 0. The molecule has 0 aliphatic heterocycles. The monoisotopic (exact) mass is 248 g/mol. The van der Waals surface area contributed by atoms with E-state index in [2.05, 4.69) is 0 Å². The lowest BCUT2D eigenvalue weighted by atomic mass is 10.1. The van der Waals surface area contributed by atoms with Crippen LogP contribution >= 0.6 is 0 Å². The summed E-state index contributed by atoms with van der Waals surface area (Å²) in [7, 11) is 0. The van der Waals surface area contributed by atoms with Gasteiger partial charge in [0.25, 0.3) is 0 Å². The highest BCUT2D eigenvalue weighted by Crippen LogP contribution is 2.05. The highest BCUT2D eigenvalue weighted by atomic mass is 16.5. The van der Waals surface area contributed by atoms with Gasteiger partial charge in [0.2, 0.25) is 0 Å². The molecule has 0 fully saturated rings. The van der Waals surface area contributed by atoms with E-state index in [0.717, 1.165) is 18.3 Å².